The van der Waals surface area contributed by atoms with Gasteiger partial charge in [0.1, 0.15) is 12.6 Å². The fourth-order valence-electron chi connectivity index (χ4n) is 6.52. The molecule has 2 N–H and O–H groups in total. The first kappa shape index (κ1) is 32.2. The largest absolute Gasteiger partial charge is 0.480 e. The molecule has 7 rings (SSSR count). The molecule has 0 aliphatic heterocycles. The number of nitrogens with zero attached hydrogens (tertiary/aromatic N) is 4. The van der Waals surface area contributed by atoms with Gasteiger partial charge in [0, 0.05) is 12.3 Å². The number of nitrogens with one attached hydrogen (secondary N) is 1. The van der Waals surface area contributed by atoms with E-state index in [0.717, 1.165) is 38.9 Å². The van der Waals surface area contributed by atoms with Crippen LogP contribution in [0.2, 0.25) is 0 Å². The summed E-state index contributed by atoms with van der Waals surface area (Å²) in [6.07, 6.45) is -1.03. The molecule has 0 fully saturated rings. The minimum absolute atomic E-state index is 0. The molecule has 1 aliphatic rings. The Morgan fingerprint density at radius 2 is 1.19 bits per heavy atom. The zero-order chi connectivity index (χ0) is 32.2. The van der Waals surface area contributed by atoms with E-state index in [1.807, 2.05) is 127 Å². The van der Waals surface area contributed by atoms with Gasteiger partial charge in [0.15, 0.2) is 11.4 Å². The Morgan fingerprint density at radius 1 is 0.729 bits per heavy atom. The number of alkyl carbamates (subject to hydrolysis) is 1. The predicted octanol–water partition coefficient (Wildman–Crippen LogP) is 6.16. The highest BCUT2D eigenvalue weighted by Gasteiger charge is 2.41. The number of fused-ring (bicyclic) bond motifs is 3. The van der Waals surface area contributed by atoms with E-state index < -0.39 is 23.6 Å². The van der Waals surface area contributed by atoms with Crippen molar-refractivity contribution in [1.29, 1.82) is 0 Å². The summed E-state index contributed by atoms with van der Waals surface area (Å²) in [7, 11) is 0. The molecule has 10 heteroatoms. The van der Waals surface area contributed by atoms with Crippen molar-refractivity contribution < 1.29 is 19.4 Å². The molecule has 1 amide bonds. The van der Waals surface area contributed by atoms with Gasteiger partial charge in [0.2, 0.25) is 0 Å². The number of aromatic nitrogens is 4. The topological polar surface area (TPSA) is 119 Å². The molecule has 240 valence electrons. The Labute approximate surface area is 284 Å². The van der Waals surface area contributed by atoms with E-state index in [1.54, 1.807) is 0 Å². The van der Waals surface area contributed by atoms with E-state index in [4.69, 9.17) is 9.84 Å². The highest BCUT2D eigenvalue weighted by Crippen LogP contribution is 2.44. The highest BCUT2D eigenvalue weighted by molar-refractivity contribution is 7.59. The molecule has 1 aliphatic carbocycles. The van der Waals surface area contributed by atoms with E-state index in [0.29, 0.717) is 0 Å². The van der Waals surface area contributed by atoms with Crippen molar-refractivity contribution in [3.05, 3.63) is 173 Å². The maximum Gasteiger partial charge on any atom is 0.407 e. The lowest BCUT2D eigenvalue weighted by molar-refractivity contribution is -0.139. The Balaban J connectivity index is 0.00000401. The van der Waals surface area contributed by atoms with E-state index >= 15 is 0 Å². The Morgan fingerprint density at radius 3 is 1.67 bits per heavy atom. The van der Waals surface area contributed by atoms with E-state index in [2.05, 4.69) is 27.8 Å². The van der Waals surface area contributed by atoms with Crippen molar-refractivity contribution in [2.45, 2.75) is 23.9 Å². The normalized spacial score (nSPS) is 12.7. The molecule has 9 nitrogen and oxygen atoms in total. The average Bonchev–Trinajstić information content (AvgIpc) is 3.71. The zero-order valence-electron chi connectivity index (χ0n) is 25.8. The van der Waals surface area contributed by atoms with Crippen LogP contribution in [0.3, 0.4) is 0 Å². The van der Waals surface area contributed by atoms with Crippen molar-refractivity contribution in [3.63, 3.8) is 0 Å². The standard InChI is InChI=1S/C38H31N5O4.H2S/c44-36(45)34(39-37(46)47-25-33-31-22-12-10-20-29(31)30-21-11-13-23-32(30)33)24-35-40-42-43(41-35)38(26-14-4-1-5-15-26,27-16-6-2-7-17-27)28-18-8-3-9-19-28;/h1-23,33-34H,24-25H2,(H,39,46)(H,44,45);1H2/t34-;/m0./s1. The number of hydrogen-bond acceptors (Lipinski definition) is 6. The number of carbonyl (C=O) groups excluding carboxylic acids is 1. The second-order valence-corrected chi connectivity index (χ2v) is 11.4. The molecular weight excluding hydrogens is 623 g/mol. The molecule has 6 aromatic rings. The number of carboxylic acids is 1. The molecule has 0 bridgehead atoms. The summed E-state index contributed by atoms with van der Waals surface area (Å²) >= 11 is 0. The molecule has 0 saturated heterocycles. The first-order chi connectivity index (χ1) is 23.1. The Bertz CT molecular complexity index is 1880. The van der Waals surface area contributed by atoms with Gasteiger partial charge < -0.3 is 15.2 Å². The van der Waals surface area contributed by atoms with Crippen molar-refractivity contribution in [2.75, 3.05) is 6.61 Å². The molecule has 1 heterocycles. The average molecular weight is 656 g/mol. The molecule has 5 aromatic carbocycles. The molecule has 0 saturated carbocycles. The third-order valence-corrected chi connectivity index (χ3v) is 8.65. The summed E-state index contributed by atoms with van der Waals surface area (Å²) in [5.41, 5.74) is 6.02. The van der Waals surface area contributed by atoms with Crippen LogP contribution in [0.25, 0.3) is 11.1 Å². The van der Waals surface area contributed by atoms with Crippen LogP contribution in [0, 0.1) is 0 Å². The number of amides is 1. The van der Waals surface area contributed by atoms with Crippen LogP contribution in [-0.2, 0) is 21.5 Å². The highest BCUT2D eigenvalue weighted by atomic mass is 32.1. The third kappa shape index (κ3) is 5.93. The summed E-state index contributed by atoms with van der Waals surface area (Å²) in [6, 6.07) is 44.2. The summed E-state index contributed by atoms with van der Waals surface area (Å²) < 4.78 is 5.62. The second kappa shape index (κ2) is 13.9. The Hall–Kier alpha value is -5.74. The summed E-state index contributed by atoms with van der Waals surface area (Å²) in [4.78, 5) is 26.9. The first-order valence-electron chi connectivity index (χ1n) is 15.4. The van der Waals surface area contributed by atoms with E-state index in [-0.39, 0.29) is 38.3 Å². The first-order valence-corrected chi connectivity index (χ1v) is 15.4. The minimum atomic E-state index is -1.34. The van der Waals surface area contributed by atoms with Crippen LogP contribution in [0.1, 0.15) is 39.6 Å². The number of hydrogen-bond donors (Lipinski definition) is 2. The molecule has 1 atom stereocenters. The molecule has 1 aromatic heterocycles. The van der Waals surface area contributed by atoms with Gasteiger partial charge in [-0.15, -0.1) is 15.0 Å². The molecule has 0 radical (unpaired) electrons. The van der Waals surface area contributed by atoms with Gasteiger partial charge in [-0.25, -0.2) is 9.59 Å². The van der Waals surface area contributed by atoms with Crippen molar-refractivity contribution in [1.82, 2.24) is 25.5 Å². The maximum absolute atomic E-state index is 13.0. The minimum Gasteiger partial charge on any atom is -0.480 e. The van der Waals surface area contributed by atoms with E-state index in [9.17, 15) is 14.7 Å². The van der Waals surface area contributed by atoms with Crippen LogP contribution in [0.4, 0.5) is 4.79 Å². The Kier molecular flexibility index (Phi) is 9.36. The quantitative estimate of drug-likeness (QED) is 0.170. The number of carbonyl (C=O) groups is 2. The van der Waals surface area contributed by atoms with Gasteiger partial charge in [-0.3, -0.25) is 0 Å². The molecular formula is C38H33N5O4S. The van der Waals surface area contributed by atoms with Gasteiger partial charge in [-0.1, -0.05) is 140 Å². The van der Waals surface area contributed by atoms with Crippen molar-refractivity contribution >= 4 is 25.6 Å². The monoisotopic (exact) mass is 655 g/mol. The van der Waals surface area contributed by atoms with Gasteiger partial charge in [-0.2, -0.15) is 13.5 Å². The van der Waals surface area contributed by atoms with E-state index in [1.165, 1.54) is 4.80 Å². The molecule has 0 unspecified atom stereocenters. The number of ether oxygens (including phenoxy) is 1. The number of rotatable bonds is 10. The number of carboxylic acid groups (broad SMARTS) is 1. The van der Waals surface area contributed by atoms with Crippen LogP contribution < -0.4 is 5.32 Å². The van der Waals surface area contributed by atoms with Crippen LogP contribution >= 0.6 is 13.5 Å². The smallest absolute Gasteiger partial charge is 0.407 e. The number of benzene rings is 5. The third-order valence-electron chi connectivity index (χ3n) is 8.65. The van der Waals surface area contributed by atoms with Crippen LogP contribution in [0.15, 0.2) is 140 Å². The van der Waals surface area contributed by atoms with Gasteiger partial charge in [0.25, 0.3) is 0 Å². The summed E-state index contributed by atoms with van der Waals surface area (Å²) in [5, 5.41) is 26.1. The molecule has 48 heavy (non-hydrogen) atoms. The number of aliphatic carboxylic acids is 1. The van der Waals surface area contributed by atoms with Gasteiger partial charge >= 0.3 is 12.1 Å². The summed E-state index contributed by atoms with van der Waals surface area (Å²) in [5.74, 6) is -1.24. The molecule has 0 spiro atoms. The SMILES string of the molecule is O=C(N[C@@H](Cc1nnn(C(c2ccccc2)(c2ccccc2)c2ccccc2)n1)C(=O)O)OCC1c2ccccc2-c2ccccc21.S. The maximum atomic E-state index is 13.0. The lowest BCUT2D eigenvalue weighted by Gasteiger charge is -2.34. The van der Waals surface area contributed by atoms with Crippen molar-refractivity contribution in [3.8, 4) is 11.1 Å². The summed E-state index contributed by atoms with van der Waals surface area (Å²) in [6.45, 7) is 0.0639. The van der Waals surface area contributed by atoms with Crippen LogP contribution in [-0.4, -0.2) is 50.0 Å². The zero-order valence-corrected chi connectivity index (χ0v) is 26.8. The van der Waals surface area contributed by atoms with Gasteiger partial charge in [-0.05, 0) is 44.2 Å². The lowest BCUT2D eigenvalue weighted by Crippen LogP contribution is -2.43. The fraction of sp³-hybridized carbons (Fsp3) is 0.132. The van der Waals surface area contributed by atoms with Gasteiger partial charge in [0.05, 0.1) is 0 Å². The second-order valence-electron chi connectivity index (χ2n) is 11.4. The van der Waals surface area contributed by atoms with Crippen LogP contribution in [0.5, 0.6) is 0 Å². The number of tetrazole rings is 1. The lowest BCUT2D eigenvalue weighted by atomic mass is 9.77. The van der Waals surface area contributed by atoms with Crippen molar-refractivity contribution in [2.24, 2.45) is 0 Å². The predicted molar refractivity (Wildman–Crippen MR) is 186 cm³/mol. The fourth-order valence-corrected chi connectivity index (χ4v) is 6.52.